The van der Waals surface area contributed by atoms with E-state index in [0.29, 0.717) is 29.2 Å². The van der Waals surface area contributed by atoms with Gasteiger partial charge in [-0.1, -0.05) is 71.2 Å². The van der Waals surface area contributed by atoms with Crippen LogP contribution in [0.15, 0.2) is 36.4 Å². The second kappa shape index (κ2) is 11.9. The normalized spacial score (nSPS) is 12.2. The SMILES string of the molecule is CCCCCC(CC(=O)Nc1cc(C(C)=O)ccc1C(C)(C)C)c1cccc(OC)c1OC. The molecule has 0 bridgehead atoms. The number of rotatable bonds is 11. The maximum atomic E-state index is 13.3. The molecule has 0 saturated carbocycles. The Hall–Kier alpha value is -2.82. The number of para-hydroxylation sites is 1. The van der Waals surface area contributed by atoms with E-state index in [0.717, 1.165) is 36.8 Å². The van der Waals surface area contributed by atoms with Crippen LogP contribution in [0.3, 0.4) is 0 Å². The number of Topliss-reactive ketones (excluding diaryl/α,β-unsaturated/α-hetero) is 1. The van der Waals surface area contributed by atoms with Crippen molar-refractivity contribution in [2.24, 2.45) is 0 Å². The maximum Gasteiger partial charge on any atom is 0.224 e. The molecule has 33 heavy (non-hydrogen) atoms. The average molecular weight is 454 g/mol. The molecule has 0 fully saturated rings. The molecule has 2 aromatic carbocycles. The molecule has 0 saturated heterocycles. The first-order valence-corrected chi connectivity index (χ1v) is 11.8. The van der Waals surface area contributed by atoms with E-state index < -0.39 is 0 Å². The molecule has 1 amide bonds. The van der Waals surface area contributed by atoms with E-state index in [4.69, 9.17) is 9.47 Å². The van der Waals surface area contributed by atoms with E-state index in [1.54, 1.807) is 20.3 Å². The second-order valence-corrected chi connectivity index (χ2v) is 9.59. The summed E-state index contributed by atoms with van der Waals surface area (Å²) in [4.78, 5) is 25.2. The Kier molecular flexibility index (Phi) is 9.51. The number of ether oxygens (including phenoxy) is 2. The van der Waals surface area contributed by atoms with Crippen molar-refractivity contribution in [2.45, 2.75) is 78.1 Å². The van der Waals surface area contributed by atoms with Gasteiger partial charge in [0.25, 0.3) is 0 Å². The van der Waals surface area contributed by atoms with Crippen LogP contribution in [-0.4, -0.2) is 25.9 Å². The van der Waals surface area contributed by atoms with Crippen LogP contribution in [0.5, 0.6) is 11.5 Å². The third kappa shape index (κ3) is 7.08. The zero-order valence-electron chi connectivity index (χ0n) is 21.2. The number of hydrogen-bond acceptors (Lipinski definition) is 4. The Bertz CT molecular complexity index is 959. The third-order valence-electron chi connectivity index (χ3n) is 5.97. The van der Waals surface area contributed by atoms with E-state index in [1.165, 1.54) is 6.92 Å². The molecule has 1 atom stereocenters. The molecule has 0 aliphatic rings. The van der Waals surface area contributed by atoms with Crippen molar-refractivity contribution in [1.29, 1.82) is 0 Å². The van der Waals surface area contributed by atoms with Crippen LogP contribution in [0.2, 0.25) is 0 Å². The van der Waals surface area contributed by atoms with Crippen LogP contribution < -0.4 is 14.8 Å². The number of unbranched alkanes of at least 4 members (excludes halogenated alkanes) is 2. The van der Waals surface area contributed by atoms with Crippen molar-refractivity contribution in [3.8, 4) is 11.5 Å². The number of methoxy groups -OCH3 is 2. The molecule has 0 aromatic heterocycles. The fraction of sp³-hybridized carbons (Fsp3) is 0.500. The van der Waals surface area contributed by atoms with Gasteiger partial charge in [0.1, 0.15) is 0 Å². The number of hydrogen-bond donors (Lipinski definition) is 1. The molecule has 2 aromatic rings. The number of benzene rings is 2. The molecule has 5 nitrogen and oxygen atoms in total. The van der Waals surface area contributed by atoms with Crippen molar-refractivity contribution >= 4 is 17.4 Å². The number of amides is 1. The van der Waals surface area contributed by atoms with E-state index in [1.807, 2.05) is 30.3 Å². The van der Waals surface area contributed by atoms with Gasteiger partial charge in [-0.25, -0.2) is 0 Å². The fourth-order valence-electron chi connectivity index (χ4n) is 4.19. The van der Waals surface area contributed by atoms with Gasteiger partial charge in [-0.3, -0.25) is 9.59 Å². The van der Waals surface area contributed by atoms with E-state index in [-0.39, 0.29) is 23.0 Å². The second-order valence-electron chi connectivity index (χ2n) is 9.59. The van der Waals surface area contributed by atoms with Crippen molar-refractivity contribution in [2.75, 3.05) is 19.5 Å². The first-order chi connectivity index (χ1) is 15.6. The lowest BCUT2D eigenvalue weighted by molar-refractivity contribution is -0.116. The van der Waals surface area contributed by atoms with Crippen LogP contribution in [0.25, 0.3) is 0 Å². The monoisotopic (exact) mass is 453 g/mol. The van der Waals surface area contributed by atoms with Crippen molar-refractivity contribution < 1.29 is 19.1 Å². The predicted octanol–water partition coefficient (Wildman–Crippen LogP) is 6.90. The molecule has 0 radical (unpaired) electrons. The number of ketones is 1. The minimum atomic E-state index is -0.172. The summed E-state index contributed by atoms with van der Waals surface area (Å²) >= 11 is 0. The topological polar surface area (TPSA) is 64.6 Å². The lowest BCUT2D eigenvalue weighted by atomic mass is 9.84. The highest BCUT2D eigenvalue weighted by atomic mass is 16.5. The molecule has 0 aliphatic heterocycles. The predicted molar refractivity (Wildman–Crippen MR) is 135 cm³/mol. The standard InChI is InChI=1S/C28H39NO4/c1-8-9-10-12-21(22-13-11-14-25(32-6)27(22)33-7)18-26(31)29-24-17-20(19(2)30)15-16-23(24)28(3,4)5/h11,13-17,21H,8-10,12,18H2,1-7H3,(H,29,31). The van der Waals surface area contributed by atoms with Crippen LogP contribution in [0.4, 0.5) is 5.69 Å². The highest BCUT2D eigenvalue weighted by Gasteiger charge is 2.24. The zero-order valence-corrected chi connectivity index (χ0v) is 21.2. The largest absolute Gasteiger partial charge is 0.493 e. The van der Waals surface area contributed by atoms with E-state index >= 15 is 0 Å². The van der Waals surface area contributed by atoms with Gasteiger partial charge in [0.15, 0.2) is 17.3 Å². The van der Waals surface area contributed by atoms with Crippen molar-refractivity contribution in [3.63, 3.8) is 0 Å². The minimum Gasteiger partial charge on any atom is -0.493 e. The number of anilines is 1. The molecule has 0 heterocycles. The summed E-state index contributed by atoms with van der Waals surface area (Å²) < 4.78 is 11.2. The molecule has 1 unspecified atom stereocenters. The number of carbonyl (C=O) groups excluding carboxylic acids is 2. The molecular formula is C28H39NO4. The van der Waals surface area contributed by atoms with Gasteiger partial charge in [-0.15, -0.1) is 0 Å². The Balaban J connectivity index is 2.36. The number of nitrogens with one attached hydrogen (secondary N) is 1. The van der Waals surface area contributed by atoms with Crippen molar-refractivity contribution in [1.82, 2.24) is 0 Å². The summed E-state index contributed by atoms with van der Waals surface area (Å²) in [6.45, 7) is 10.0. The van der Waals surface area contributed by atoms with E-state index in [9.17, 15) is 9.59 Å². The summed E-state index contributed by atoms with van der Waals surface area (Å²) in [7, 11) is 3.25. The van der Waals surface area contributed by atoms with Crippen molar-refractivity contribution in [3.05, 3.63) is 53.1 Å². The highest BCUT2D eigenvalue weighted by Crippen LogP contribution is 2.39. The van der Waals surface area contributed by atoms with Gasteiger partial charge in [-0.05, 0) is 42.4 Å². The molecule has 180 valence electrons. The molecular weight excluding hydrogens is 414 g/mol. The quantitative estimate of drug-likeness (QED) is 0.297. The summed E-state index contributed by atoms with van der Waals surface area (Å²) in [5.41, 5.74) is 3.10. The first kappa shape index (κ1) is 26.4. The van der Waals surface area contributed by atoms with Gasteiger partial charge in [0.2, 0.25) is 5.91 Å². The van der Waals surface area contributed by atoms with Gasteiger partial charge in [0.05, 0.1) is 14.2 Å². The van der Waals surface area contributed by atoms with Crippen LogP contribution in [-0.2, 0) is 10.2 Å². The Morgan fingerprint density at radius 3 is 2.33 bits per heavy atom. The van der Waals surface area contributed by atoms with Gasteiger partial charge < -0.3 is 14.8 Å². The smallest absolute Gasteiger partial charge is 0.224 e. The van der Waals surface area contributed by atoms with E-state index in [2.05, 4.69) is 33.0 Å². The van der Waals surface area contributed by atoms with Gasteiger partial charge in [-0.2, -0.15) is 0 Å². The van der Waals surface area contributed by atoms with Crippen LogP contribution in [0.1, 0.15) is 94.1 Å². The average Bonchev–Trinajstić information content (AvgIpc) is 2.76. The maximum absolute atomic E-state index is 13.3. The third-order valence-corrected chi connectivity index (χ3v) is 5.97. The molecule has 1 N–H and O–H groups in total. The summed E-state index contributed by atoms with van der Waals surface area (Å²) in [5.74, 6) is 1.25. The lowest BCUT2D eigenvalue weighted by Crippen LogP contribution is -2.21. The Labute approximate surface area is 198 Å². The van der Waals surface area contributed by atoms with Crippen LogP contribution in [0, 0.1) is 0 Å². The Morgan fingerprint density at radius 2 is 1.76 bits per heavy atom. The molecule has 0 spiro atoms. The number of carbonyl (C=O) groups is 2. The lowest BCUT2D eigenvalue weighted by Gasteiger charge is -2.25. The fourth-order valence-corrected chi connectivity index (χ4v) is 4.19. The van der Waals surface area contributed by atoms with Gasteiger partial charge in [0, 0.05) is 23.2 Å². The summed E-state index contributed by atoms with van der Waals surface area (Å²) in [6.07, 6.45) is 4.45. The first-order valence-electron chi connectivity index (χ1n) is 11.8. The minimum absolute atomic E-state index is 0.00400. The summed E-state index contributed by atoms with van der Waals surface area (Å²) in [5, 5.41) is 3.11. The molecule has 2 rings (SSSR count). The summed E-state index contributed by atoms with van der Waals surface area (Å²) in [6, 6.07) is 11.4. The highest BCUT2D eigenvalue weighted by molar-refractivity contribution is 5.98. The van der Waals surface area contributed by atoms with Crippen LogP contribution >= 0.6 is 0 Å². The molecule has 5 heteroatoms. The molecule has 0 aliphatic carbocycles. The van der Waals surface area contributed by atoms with Gasteiger partial charge >= 0.3 is 0 Å². The zero-order chi connectivity index (χ0) is 24.6. The Morgan fingerprint density at radius 1 is 1.03 bits per heavy atom.